The lowest BCUT2D eigenvalue weighted by atomic mass is 10.3. The number of hydrogen-bond acceptors (Lipinski definition) is 3. The van der Waals surface area contributed by atoms with E-state index >= 15 is 0 Å². The van der Waals surface area contributed by atoms with Gasteiger partial charge in [0.1, 0.15) is 4.70 Å². The van der Waals surface area contributed by atoms with E-state index in [1.165, 1.54) is 23.3 Å². The molecule has 2 heterocycles. The standard InChI is InChI=1S/C8H7NOS2/c1-11-9-4-2-6-3-5-12-7(6)8(9)10/h2-5H,1H3. The van der Waals surface area contributed by atoms with E-state index in [1.54, 1.807) is 3.97 Å². The zero-order valence-electron chi connectivity index (χ0n) is 6.48. The Hall–Kier alpha value is -0.740. The van der Waals surface area contributed by atoms with E-state index in [0.29, 0.717) is 0 Å². The average Bonchev–Trinajstić information content (AvgIpc) is 2.53. The van der Waals surface area contributed by atoms with Gasteiger partial charge in [-0.05, 0) is 34.8 Å². The highest BCUT2D eigenvalue weighted by molar-refractivity contribution is 7.97. The van der Waals surface area contributed by atoms with Crippen LogP contribution >= 0.6 is 23.3 Å². The quantitative estimate of drug-likeness (QED) is 0.699. The minimum atomic E-state index is 0.0926. The van der Waals surface area contributed by atoms with Crippen LogP contribution in [-0.4, -0.2) is 10.2 Å². The van der Waals surface area contributed by atoms with Crippen molar-refractivity contribution in [3.05, 3.63) is 34.1 Å². The van der Waals surface area contributed by atoms with Gasteiger partial charge in [0, 0.05) is 12.5 Å². The third kappa shape index (κ3) is 1.07. The van der Waals surface area contributed by atoms with E-state index < -0.39 is 0 Å². The molecule has 0 aliphatic rings. The maximum absolute atomic E-state index is 11.6. The fourth-order valence-electron chi connectivity index (χ4n) is 1.08. The molecule has 0 unspecified atom stereocenters. The molecule has 0 aromatic carbocycles. The molecule has 0 saturated heterocycles. The monoisotopic (exact) mass is 197 g/mol. The SMILES string of the molecule is CSn1ccc2ccsc2c1=O. The molecule has 0 spiro atoms. The Kier molecular flexibility index (Phi) is 1.94. The first-order chi connectivity index (χ1) is 5.83. The lowest BCUT2D eigenvalue weighted by molar-refractivity contribution is 1.19. The summed E-state index contributed by atoms with van der Waals surface area (Å²) in [5, 5.41) is 2.98. The molecule has 2 rings (SSSR count). The number of hydrogen-bond donors (Lipinski definition) is 0. The van der Waals surface area contributed by atoms with Gasteiger partial charge in [-0.1, -0.05) is 0 Å². The Balaban J connectivity index is 2.88. The van der Waals surface area contributed by atoms with Gasteiger partial charge in [0.05, 0.1) is 0 Å². The van der Waals surface area contributed by atoms with E-state index in [1.807, 2.05) is 30.0 Å². The van der Waals surface area contributed by atoms with Crippen LogP contribution in [0.3, 0.4) is 0 Å². The van der Waals surface area contributed by atoms with Gasteiger partial charge in [-0.15, -0.1) is 11.3 Å². The van der Waals surface area contributed by atoms with E-state index in [0.717, 1.165) is 10.1 Å². The zero-order chi connectivity index (χ0) is 8.55. The smallest absolute Gasteiger partial charge is 0.267 e. The van der Waals surface area contributed by atoms with Crippen LogP contribution in [0, 0.1) is 0 Å². The molecule has 0 radical (unpaired) electrons. The van der Waals surface area contributed by atoms with Gasteiger partial charge in [-0.2, -0.15) is 0 Å². The highest BCUT2D eigenvalue weighted by Gasteiger charge is 2.01. The molecular weight excluding hydrogens is 190 g/mol. The minimum Gasteiger partial charge on any atom is -0.267 e. The maximum atomic E-state index is 11.6. The number of pyridine rings is 1. The largest absolute Gasteiger partial charge is 0.278 e. The highest BCUT2D eigenvalue weighted by Crippen LogP contribution is 2.16. The van der Waals surface area contributed by atoms with Gasteiger partial charge in [0.2, 0.25) is 0 Å². The Morgan fingerprint density at radius 3 is 3.08 bits per heavy atom. The second kappa shape index (κ2) is 2.95. The summed E-state index contributed by atoms with van der Waals surface area (Å²) in [6.07, 6.45) is 3.70. The molecule has 2 aromatic rings. The number of fused-ring (bicyclic) bond motifs is 1. The molecule has 0 saturated carbocycles. The van der Waals surface area contributed by atoms with Gasteiger partial charge in [-0.3, -0.25) is 8.77 Å². The van der Waals surface area contributed by atoms with Gasteiger partial charge in [-0.25, -0.2) is 0 Å². The fraction of sp³-hybridized carbons (Fsp3) is 0.125. The van der Waals surface area contributed by atoms with Crippen LogP contribution in [0.2, 0.25) is 0 Å². The fourth-order valence-corrected chi connectivity index (χ4v) is 2.40. The summed E-state index contributed by atoms with van der Waals surface area (Å²) in [5.41, 5.74) is 0.0926. The molecular formula is C8H7NOS2. The van der Waals surface area contributed by atoms with Crippen molar-refractivity contribution in [3.63, 3.8) is 0 Å². The molecule has 0 amide bonds. The summed E-state index contributed by atoms with van der Waals surface area (Å²) >= 11 is 2.92. The van der Waals surface area contributed by atoms with Gasteiger partial charge >= 0.3 is 0 Å². The van der Waals surface area contributed by atoms with Gasteiger partial charge in [0.25, 0.3) is 5.56 Å². The molecule has 4 heteroatoms. The summed E-state index contributed by atoms with van der Waals surface area (Å²) in [6, 6.07) is 3.93. The molecule has 0 N–H and O–H groups in total. The predicted molar refractivity (Wildman–Crippen MR) is 55.0 cm³/mol. The Labute approximate surface area is 78.0 Å². The van der Waals surface area contributed by atoms with Crippen LogP contribution < -0.4 is 5.56 Å². The Morgan fingerprint density at radius 1 is 1.50 bits per heavy atom. The molecule has 0 bridgehead atoms. The number of thiophene rings is 1. The van der Waals surface area contributed by atoms with Crippen LogP contribution in [0.5, 0.6) is 0 Å². The molecule has 0 aliphatic heterocycles. The summed E-state index contributed by atoms with van der Waals surface area (Å²) < 4.78 is 2.48. The van der Waals surface area contributed by atoms with Crippen LogP contribution in [0.1, 0.15) is 0 Å². The molecule has 2 aromatic heterocycles. The van der Waals surface area contributed by atoms with Gasteiger partial charge in [0.15, 0.2) is 0 Å². The van der Waals surface area contributed by atoms with Crippen molar-refractivity contribution in [3.8, 4) is 0 Å². The van der Waals surface area contributed by atoms with Crippen LogP contribution in [0.15, 0.2) is 28.5 Å². The summed E-state index contributed by atoms with van der Waals surface area (Å²) in [7, 11) is 0. The van der Waals surface area contributed by atoms with Crippen LogP contribution in [0.25, 0.3) is 10.1 Å². The van der Waals surface area contributed by atoms with E-state index in [2.05, 4.69) is 0 Å². The second-order valence-corrected chi connectivity index (χ2v) is 4.01. The molecule has 2 nitrogen and oxygen atoms in total. The molecule has 0 aliphatic carbocycles. The Bertz CT molecular complexity index is 457. The summed E-state index contributed by atoms with van der Waals surface area (Å²) in [6.45, 7) is 0. The number of nitrogens with zero attached hydrogens (tertiary/aromatic N) is 1. The van der Waals surface area contributed by atoms with Crippen molar-refractivity contribution in [2.75, 3.05) is 6.26 Å². The maximum Gasteiger partial charge on any atom is 0.278 e. The molecule has 0 fully saturated rings. The van der Waals surface area contributed by atoms with Crippen molar-refractivity contribution in [1.29, 1.82) is 0 Å². The van der Waals surface area contributed by atoms with Crippen molar-refractivity contribution in [1.82, 2.24) is 3.97 Å². The first-order valence-corrected chi connectivity index (χ1v) is 5.52. The van der Waals surface area contributed by atoms with Gasteiger partial charge < -0.3 is 0 Å². The number of aromatic nitrogens is 1. The van der Waals surface area contributed by atoms with Crippen molar-refractivity contribution in [2.45, 2.75) is 0 Å². The lowest BCUT2D eigenvalue weighted by Crippen LogP contribution is -2.12. The Morgan fingerprint density at radius 2 is 2.33 bits per heavy atom. The molecule has 12 heavy (non-hydrogen) atoms. The normalized spacial score (nSPS) is 10.8. The van der Waals surface area contributed by atoms with Crippen LogP contribution in [0.4, 0.5) is 0 Å². The molecule has 62 valence electrons. The van der Waals surface area contributed by atoms with Crippen LogP contribution in [-0.2, 0) is 0 Å². The van der Waals surface area contributed by atoms with Crippen molar-refractivity contribution >= 4 is 33.4 Å². The summed E-state index contributed by atoms with van der Waals surface area (Å²) in [5.74, 6) is 0. The third-order valence-corrected chi connectivity index (χ3v) is 3.28. The predicted octanol–water partition coefficient (Wildman–Crippen LogP) is 2.19. The topological polar surface area (TPSA) is 22.0 Å². The second-order valence-electron chi connectivity index (χ2n) is 2.33. The molecule has 0 atom stereocenters. The highest BCUT2D eigenvalue weighted by atomic mass is 32.2. The zero-order valence-corrected chi connectivity index (χ0v) is 8.11. The number of rotatable bonds is 1. The van der Waals surface area contributed by atoms with E-state index in [9.17, 15) is 4.79 Å². The summed E-state index contributed by atoms with van der Waals surface area (Å²) in [4.78, 5) is 11.6. The third-order valence-electron chi connectivity index (χ3n) is 1.68. The first kappa shape index (κ1) is 7.89. The van der Waals surface area contributed by atoms with Crippen molar-refractivity contribution < 1.29 is 0 Å². The lowest BCUT2D eigenvalue weighted by Gasteiger charge is -1.97. The van der Waals surface area contributed by atoms with E-state index in [-0.39, 0.29) is 5.56 Å². The average molecular weight is 197 g/mol. The van der Waals surface area contributed by atoms with Crippen molar-refractivity contribution in [2.24, 2.45) is 0 Å². The first-order valence-electron chi connectivity index (χ1n) is 3.46. The minimum absolute atomic E-state index is 0.0926. The van der Waals surface area contributed by atoms with E-state index in [4.69, 9.17) is 0 Å².